The molecule has 1 aromatic heterocycles. The fourth-order valence-corrected chi connectivity index (χ4v) is 2.26. The second kappa shape index (κ2) is 5.30. The van der Waals surface area contributed by atoms with Crippen molar-refractivity contribution in [3.05, 3.63) is 54.1 Å². The van der Waals surface area contributed by atoms with Gasteiger partial charge in [-0.15, -0.1) is 0 Å². The van der Waals surface area contributed by atoms with Gasteiger partial charge in [0.25, 0.3) is 0 Å². The Labute approximate surface area is 129 Å². The highest BCUT2D eigenvalue weighted by Crippen LogP contribution is 2.26. The smallest absolute Gasteiger partial charge is 0.181 e. The fraction of sp³-hybridized carbons (Fsp3) is 0.222. The summed E-state index contributed by atoms with van der Waals surface area (Å²) in [4.78, 5) is 4.52. The number of rotatable bonds is 2. The third-order valence-electron chi connectivity index (χ3n) is 3.64. The van der Waals surface area contributed by atoms with Crippen molar-refractivity contribution in [1.82, 2.24) is 15.2 Å². The summed E-state index contributed by atoms with van der Waals surface area (Å²) in [6.07, 6.45) is 0. The van der Waals surface area contributed by atoms with E-state index in [2.05, 4.69) is 60.2 Å². The molecule has 0 atom stereocenters. The fourth-order valence-electron chi connectivity index (χ4n) is 2.26. The summed E-state index contributed by atoms with van der Waals surface area (Å²) >= 11 is 0. The molecular weight excluding hydrogens is 274 g/mol. The van der Waals surface area contributed by atoms with Crippen molar-refractivity contribution in [2.75, 3.05) is 0 Å². The lowest BCUT2D eigenvalue weighted by molar-refractivity contribution is 0.475. The van der Waals surface area contributed by atoms with E-state index in [-0.39, 0.29) is 11.2 Å². The first-order valence-corrected chi connectivity index (χ1v) is 7.26. The van der Waals surface area contributed by atoms with Crippen LogP contribution in [0.15, 0.2) is 48.5 Å². The van der Waals surface area contributed by atoms with Crippen LogP contribution in [0.3, 0.4) is 0 Å². The number of aromatic amines is 1. The SMILES string of the molecule is CC(C)(C)c1ccc(-c2nc(-c3ccc(O)cc3)n[nH]2)cc1. The van der Waals surface area contributed by atoms with Crippen LogP contribution in [0, 0.1) is 0 Å². The van der Waals surface area contributed by atoms with Crippen LogP contribution in [0.1, 0.15) is 26.3 Å². The molecule has 4 nitrogen and oxygen atoms in total. The number of phenols is 1. The first kappa shape index (κ1) is 14.3. The maximum atomic E-state index is 9.33. The summed E-state index contributed by atoms with van der Waals surface area (Å²) in [5.41, 5.74) is 3.30. The number of aromatic hydroxyl groups is 1. The van der Waals surface area contributed by atoms with E-state index in [0.717, 1.165) is 17.0 Å². The van der Waals surface area contributed by atoms with Gasteiger partial charge in [-0.1, -0.05) is 45.0 Å². The van der Waals surface area contributed by atoms with E-state index in [4.69, 9.17) is 0 Å². The van der Waals surface area contributed by atoms with Crippen LogP contribution in [0.4, 0.5) is 0 Å². The van der Waals surface area contributed by atoms with Crippen molar-refractivity contribution >= 4 is 0 Å². The molecule has 3 aromatic rings. The molecule has 0 aliphatic heterocycles. The van der Waals surface area contributed by atoms with Crippen LogP contribution >= 0.6 is 0 Å². The molecule has 0 aliphatic rings. The number of aromatic nitrogens is 3. The molecule has 0 saturated heterocycles. The zero-order chi connectivity index (χ0) is 15.7. The Morgan fingerprint density at radius 1 is 0.864 bits per heavy atom. The second-order valence-electron chi connectivity index (χ2n) is 6.38. The van der Waals surface area contributed by atoms with Gasteiger partial charge in [0.05, 0.1) is 0 Å². The van der Waals surface area contributed by atoms with Crippen LogP contribution in [0.5, 0.6) is 5.75 Å². The van der Waals surface area contributed by atoms with Gasteiger partial charge in [0.15, 0.2) is 11.6 Å². The predicted octanol–water partition coefficient (Wildman–Crippen LogP) is 4.14. The van der Waals surface area contributed by atoms with Crippen molar-refractivity contribution in [1.29, 1.82) is 0 Å². The second-order valence-corrected chi connectivity index (χ2v) is 6.38. The number of phenolic OH excluding ortho intramolecular Hbond substituents is 1. The zero-order valence-electron chi connectivity index (χ0n) is 13.0. The molecule has 4 heteroatoms. The Balaban J connectivity index is 1.89. The van der Waals surface area contributed by atoms with Crippen molar-refractivity contribution in [3.63, 3.8) is 0 Å². The Kier molecular flexibility index (Phi) is 3.45. The van der Waals surface area contributed by atoms with E-state index >= 15 is 0 Å². The molecule has 0 spiro atoms. The Bertz CT molecular complexity index is 765. The largest absolute Gasteiger partial charge is 0.508 e. The van der Waals surface area contributed by atoms with Gasteiger partial charge in [-0.05, 0) is 35.2 Å². The minimum atomic E-state index is 0.136. The van der Waals surface area contributed by atoms with Gasteiger partial charge in [-0.3, -0.25) is 5.10 Å². The molecule has 112 valence electrons. The maximum absolute atomic E-state index is 9.33. The van der Waals surface area contributed by atoms with E-state index in [1.54, 1.807) is 24.3 Å². The van der Waals surface area contributed by atoms with Crippen LogP contribution in [0.2, 0.25) is 0 Å². The van der Waals surface area contributed by atoms with E-state index in [1.807, 2.05) is 0 Å². The Morgan fingerprint density at radius 3 is 2.05 bits per heavy atom. The molecular formula is C18H19N3O. The van der Waals surface area contributed by atoms with Crippen molar-refractivity contribution in [2.45, 2.75) is 26.2 Å². The summed E-state index contributed by atoms with van der Waals surface area (Å²) in [6, 6.07) is 15.2. The summed E-state index contributed by atoms with van der Waals surface area (Å²) in [5, 5.41) is 16.5. The zero-order valence-corrected chi connectivity index (χ0v) is 13.0. The average Bonchev–Trinajstić information content (AvgIpc) is 2.97. The van der Waals surface area contributed by atoms with Gasteiger partial charge in [0.1, 0.15) is 5.75 Å². The van der Waals surface area contributed by atoms with Gasteiger partial charge >= 0.3 is 0 Å². The number of H-pyrrole nitrogens is 1. The molecule has 3 rings (SSSR count). The standard InChI is InChI=1S/C18H19N3O/c1-18(2,3)14-8-4-12(5-9-14)16-19-17(21-20-16)13-6-10-15(22)11-7-13/h4-11,22H,1-3H3,(H,19,20,21). The van der Waals surface area contributed by atoms with E-state index in [0.29, 0.717) is 5.82 Å². The minimum Gasteiger partial charge on any atom is -0.508 e. The van der Waals surface area contributed by atoms with Crippen molar-refractivity contribution < 1.29 is 5.11 Å². The van der Waals surface area contributed by atoms with Crippen LogP contribution in [-0.2, 0) is 5.41 Å². The molecule has 0 radical (unpaired) electrons. The maximum Gasteiger partial charge on any atom is 0.181 e. The number of nitrogens with zero attached hydrogens (tertiary/aromatic N) is 2. The lowest BCUT2D eigenvalue weighted by Gasteiger charge is -2.18. The number of nitrogens with one attached hydrogen (secondary N) is 1. The van der Waals surface area contributed by atoms with Gasteiger partial charge in [0.2, 0.25) is 0 Å². The number of hydrogen-bond acceptors (Lipinski definition) is 3. The van der Waals surface area contributed by atoms with Gasteiger partial charge in [-0.2, -0.15) is 5.10 Å². The summed E-state index contributed by atoms with van der Waals surface area (Å²) in [7, 11) is 0. The molecule has 0 saturated carbocycles. The van der Waals surface area contributed by atoms with Gasteiger partial charge in [-0.25, -0.2) is 4.98 Å². The molecule has 0 unspecified atom stereocenters. The van der Waals surface area contributed by atoms with Crippen molar-refractivity contribution in [3.8, 4) is 28.5 Å². The topological polar surface area (TPSA) is 61.8 Å². The average molecular weight is 293 g/mol. The minimum absolute atomic E-state index is 0.136. The Hall–Kier alpha value is -2.62. The number of benzene rings is 2. The lowest BCUT2D eigenvalue weighted by atomic mass is 9.87. The molecule has 0 aliphatic carbocycles. The quantitative estimate of drug-likeness (QED) is 0.746. The molecule has 0 amide bonds. The van der Waals surface area contributed by atoms with E-state index in [1.165, 1.54) is 5.56 Å². The van der Waals surface area contributed by atoms with Crippen molar-refractivity contribution in [2.24, 2.45) is 0 Å². The van der Waals surface area contributed by atoms with Gasteiger partial charge in [0, 0.05) is 11.1 Å². The Morgan fingerprint density at radius 2 is 1.45 bits per heavy atom. The van der Waals surface area contributed by atoms with E-state index < -0.39 is 0 Å². The molecule has 0 fully saturated rings. The third-order valence-corrected chi connectivity index (χ3v) is 3.64. The summed E-state index contributed by atoms with van der Waals surface area (Å²) < 4.78 is 0. The molecule has 1 heterocycles. The van der Waals surface area contributed by atoms with Crippen LogP contribution in [0.25, 0.3) is 22.8 Å². The highest BCUT2D eigenvalue weighted by Gasteiger charge is 2.14. The lowest BCUT2D eigenvalue weighted by Crippen LogP contribution is -2.10. The predicted molar refractivity (Wildman–Crippen MR) is 87.6 cm³/mol. The molecule has 2 N–H and O–H groups in total. The normalized spacial score (nSPS) is 11.6. The number of hydrogen-bond donors (Lipinski definition) is 2. The molecule has 2 aromatic carbocycles. The third kappa shape index (κ3) is 2.86. The highest BCUT2D eigenvalue weighted by atomic mass is 16.3. The summed E-state index contributed by atoms with van der Waals surface area (Å²) in [6.45, 7) is 6.58. The molecule has 0 bridgehead atoms. The highest BCUT2D eigenvalue weighted by molar-refractivity contribution is 5.62. The first-order valence-electron chi connectivity index (χ1n) is 7.26. The molecule has 22 heavy (non-hydrogen) atoms. The summed E-state index contributed by atoms with van der Waals surface area (Å²) in [5.74, 6) is 1.59. The van der Waals surface area contributed by atoms with Gasteiger partial charge < -0.3 is 5.11 Å². The van der Waals surface area contributed by atoms with E-state index in [9.17, 15) is 5.11 Å². The first-order chi connectivity index (χ1) is 10.4. The van der Waals surface area contributed by atoms with Crippen LogP contribution < -0.4 is 0 Å². The monoisotopic (exact) mass is 293 g/mol. The van der Waals surface area contributed by atoms with Crippen LogP contribution in [-0.4, -0.2) is 20.3 Å².